The topological polar surface area (TPSA) is 46.1 Å². The molecule has 1 aromatic carbocycles. The van der Waals surface area contributed by atoms with Crippen LogP contribution in [0.1, 0.15) is 31.7 Å². The Labute approximate surface area is 186 Å². The second-order valence-corrected chi connectivity index (χ2v) is 7.27. The summed E-state index contributed by atoms with van der Waals surface area (Å²) in [6, 6.07) is 10.4. The van der Waals surface area contributed by atoms with Gasteiger partial charge in [-0.25, -0.2) is 0 Å². The second-order valence-electron chi connectivity index (χ2n) is 7.27. The number of rotatable bonds is 8. The van der Waals surface area contributed by atoms with Gasteiger partial charge in [0, 0.05) is 32.1 Å². The van der Waals surface area contributed by atoms with Crippen molar-refractivity contribution in [2.45, 2.75) is 32.8 Å². The van der Waals surface area contributed by atoms with E-state index in [1.807, 2.05) is 6.07 Å². The molecule has 1 atom stereocenters. The van der Waals surface area contributed by atoms with Crippen molar-refractivity contribution in [1.82, 2.24) is 10.2 Å². The molecule has 1 N–H and O–H groups in total. The van der Waals surface area contributed by atoms with Crippen molar-refractivity contribution in [2.75, 3.05) is 46.0 Å². The fraction of sp³-hybridized carbons (Fsp3) is 0.591. The van der Waals surface area contributed by atoms with Crippen LogP contribution < -0.4 is 5.32 Å². The van der Waals surface area contributed by atoms with E-state index >= 15 is 0 Å². The van der Waals surface area contributed by atoms with Gasteiger partial charge in [0.1, 0.15) is 0 Å². The molecule has 5 nitrogen and oxygen atoms in total. The summed E-state index contributed by atoms with van der Waals surface area (Å²) in [5.74, 6) is 1.63. The quantitative estimate of drug-likeness (QED) is 0.256. The minimum absolute atomic E-state index is 0. The third kappa shape index (κ3) is 7.72. The minimum Gasteiger partial charge on any atom is -0.377 e. The molecule has 0 aromatic heterocycles. The summed E-state index contributed by atoms with van der Waals surface area (Å²) in [5.41, 5.74) is 2.72. The summed E-state index contributed by atoms with van der Waals surface area (Å²) in [5, 5.41) is 3.46. The van der Waals surface area contributed by atoms with E-state index in [0.717, 1.165) is 64.8 Å². The van der Waals surface area contributed by atoms with Crippen molar-refractivity contribution < 1.29 is 9.47 Å². The summed E-state index contributed by atoms with van der Waals surface area (Å²) in [7, 11) is 0. The molecule has 6 heteroatoms. The largest absolute Gasteiger partial charge is 0.377 e. The normalized spacial score (nSPS) is 19.9. The number of hydrogen-bond donors (Lipinski definition) is 1. The number of hydrogen-bond acceptors (Lipinski definition) is 3. The molecular formula is C22H34IN3O2. The molecule has 0 saturated carbocycles. The summed E-state index contributed by atoms with van der Waals surface area (Å²) >= 11 is 0. The van der Waals surface area contributed by atoms with Crippen molar-refractivity contribution in [3.05, 3.63) is 47.5 Å². The summed E-state index contributed by atoms with van der Waals surface area (Å²) in [6.07, 6.45) is 5.47. The van der Waals surface area contributed by atoms with Crippen LogP contribution in [0, 0.1) is 5.92 Å². The van der Waals surface area contributed by atoms with Crippen LogP contribution in [-0.2, 0) is 16.1 Å². The first-order valence-electron chi connectivity index (χ1n) is 10.3. The minimum atomic E-state index is 0. The van der Waals surface area contributed by atoms with Gasteiger partial charge in [-0.15, -0.1) is 24.0 Å². The number of nitrogens with one attached hydrogen (secondary N) is 1. The highest BCUT2D eigenvalue weighted by molar-refractivity contribution is 14.0. The first-order chi connectivity index (χ1) is 13.3. The molecule has 2 aliphatic heterocycles. The third-order valence-electron chi connectivity index (χ3n) is 5.14. The Morgan fingerprint density at radius 1 is 1.32 bits per heavy atom. The lowest BCUT2D eigenvalue weighted by Crippen LogP contribution is -2.40. The van der Waals surface area contributed by atoms with Gasteiger partial charge in [0.2, 0.25) is 0 Å². The van der Waals surface area contributed by atoms with Crippen molar-refractivity contribution in [3.63, 3.8) is 0 Å². The lowest BCUT2D eigenvalue weighted by atomic mass is 10.1. The molecule has 1 saturated heterocycles. The maximum Gasteiger partial charge on any atom is 0.193 e. The van der Waals surface area contributed by atoms with Crippen LogP contribution in [0.25, 0.3) is 0 Å². The predicted molar refractivity (Wildman–Crippen MR) is 125 cm³/mol. The van der Waals surface area contributed by atoms with Crippen LogP contribution in [0.5, 0.6) is 0 Å². The van der Waals surface area contributed by atoms with E-state index < -0.39 is 0 Å². The molecule has 0 bridgehead atoms. The summed E-state index contributed by atoms with van der Waals surface area (Å²) < 4.78 is 11.3. The van der Waals surface area contributed by atoms with Crippen molar-refractivity contribution in [2.24, 2.45) is 10.9 Å². The van der Waals surface area contributed by atoms with E-state index in [4.69, 9.17) is 14.5 Å². The van der Waals surface area contributed by atoms with Gasteiger partial charge in [0.25, 0.3) is 0 Å². The van der Waals surface area contributed by atoms with Gasteiger partial charge in [-0.3, -0.25) is 4.99 Å². The third-order valence-corrected chi connectivity index (χ3v) is 5.14. The molecule has 1 aromatic rings. The molecule has 28 heavy (non-hydrogen) atoms. The molecule has 2 aliphatic rings. The van der Waals surface area contributed by atoms with Crippen LogP contribution in [0.15, 0.2) is 47.0 Å². The van der Waals surface area contributed by atoms with Gasteiger partial charge < -0.3 is 19.7 Å². The standard InChI is InChI=1S/C22H33N3O2.HI/c1-2-23-22(24-12-8-19-10-14-26-15-11-19)25-13-9-21(16-25)18-27-17-20-6-4-3-5-7-20;/h3-7,10,21H,2,8-9,11-18H2,1H3,(H,23,24);1H. The van der Waals surface area contributed by atoms with E-state index in [2.05, 4.69) is 47.5 Å². The SMILES string of the molecule is CCNC(=NCCC1=CCOCC1)N1CCC(COCc2ccccc2)C1.I. The number of ether oxygens (including phenoxy) is 2. The maximum atomic E-state index is 5.95. The molecule has 0 aliphatic carbocycles. The zero-order chi connectivity index (χ0) is 18.7. The highest BCUT2D eigenvalue weighted by Crippen LogP contribution is 2.18. The lowest BCUT2D eigenvalue weighted by molar-refractivity contribution is 0.0907. The molecule has 0 radical (unpaired) electrons. The van der Waals surface area contributed by atoms with Gasteiger partial charge in [-0.2, -0.15) is 0 Å². The number of benzene rings is 1. The van der Waals surface area contributed by atoms with Crippen molar-refractivity contribution in [1.29, 1.82) is 0 Å². The zero-order valence-corrected chi connectivity index (χ0v) is 19.3. The zero-order valence-electron chi connectivity index (χ0n) is 16.9. The second kappa shape index (κ2) is 13.2. The van der Waals surface area contributed by atoms with E-state index in [-0.39, 0.29) is 24.0 Å². The molecule has 0 amide bonds. The number of likely N-dealkylation sites (tertiary alicyclic amines) is 1. The Morgan fingerprint density at radius 3 is 2.93 bits per heavy atom. The van der Waals surface area contributed by atoms with Gasteiger partial charge >= 0.3 is 0 Å². The Balaban J connectivity index is 0.00000280. The molecule has 3 rings (SSSR count). The first kappa shape index (κ1) is 23.2. The molecule has 0 spiro atoms. The average molecular weight is 499 g/mol. The number of halogens is 1. The Morgan fingerprint density at radius 2 is 2.18 bits per heavy atom. The van der Waals surface area contributed by atoms with Crippen molar-refractivity contribution >= 4 is 29.9 Å². The van der Waals surface area contributed by atoms with E-state index in [0.29, 0.717) is 12.5 Å². The van der Waals surface area contributed by atoms with E-state index in [1.165, 1.54) is 17.6 Å². The fourth-order valence-corrected chi connectivity index (χ4v) is 3.60. The number of aliphatic imine (C=N–C) groups is 1. The Bertz CT molecular complexity index is 621. The van der Waals surface area contributed by atoms with Crippen molar-refractivity contribution in [3.8, 4) is 0 Å². The first-order valence-corrected chi connectivity index (χ1v) is 10.3. The van der Waals surface area contributed by atoms with Crippen LogP contribution in [-0.4, -0.2) is 56.9 Å². The fourth-order valence-electron chi connectivity index (χ4n) is 3.60. The van der Waals surface area contributed by atoms with E-state index in [9.17, 15) is 0 Å². The van der Waals surface area contributed by atoms with Gasteiger partial charge in [0.05, 0.1) is 26.4 Å². The Kier molecular flexibility index (Phi) is 10.9. The average Bonchev–Trinajstić information content (AvgIpc) is 3.18. The number of nitrogens with zero attached hydrogens (tertiary/aromatic N) is 2. The monoisotopic (exact) mass is 499 g/mol. The maximum absolute atomic E-state index is 5.95. The number of guanidine groups is 1. The van der Waals surface area contributed by atoms with Gasteiger partial charge in [-0.1, -0.05) is 42.0 Å². The summed E-state index contributed by atoms with van der Waals surface area (Å²) in [4.78, 5) is 7.25. The van der Waals surface area contributed by atoms with Crippen LogP contribution in [0.3, 0.4) is 0 Å². The van der Waals surface area contributed by atoms with Gasteiger partial charge in [-0.05, 0) is 31.7 Å². The molecule has 1 fully saturated rings. The lowest BCUT2D eigenvalue weighted by Gasteiger charge is -2.22. The smallest absolute Gasteiger partial charge is 0.193 e. The molecule has 1 unspecified atom stereocenters. The van der Waals surface area contributed by atoms with Crippen LogP contribution >= 0.6 is 24.0 Å². The molecular weight excluding hydrogens is 465 g/mol. The highest BCUT2D eigenvalue weighted by atomic mass is 127. The predicted octanol–water partition coefficient (Wildman–Crippen LogP) is 3.85. The molecule has 2 heterocycles. The van der Waals surface area contributed by atoms with E-state index in [1.54, 1.807) is 0 Å². The van der Waals surface area contributed by atoms with Gasteiger partial charge in [0.15, 0.2) is 5.96 Å². The van der Waals surface area contributed by atoms with Crippen LogP contribution in [0.4, 0.5) is 0 Å². The van der Waals surface area contributed by atoms with Crippen LogP contribution in [0.2, 0.25) is 0 Å². The molecule has 156 valence electrons. The highest BCUT2D eigenvalue weighted by Gasteiger charge is 2.25. The Hall–Kier alpha value is -1.12. The summed E-state index contributed by atoms with van der Waals surface area (Å²) in [6.45, 7) is 9.09.